The van der Waals surface area contributed by atoms with Crippen molar-refractivity contribution >= 4 is 23.5 Å². The quantitative estimate of drug-likeness (QED) is 0.857. The van der Waals surface area contributed by atoms with Crippen LogP contribution in [0.3, 0.4) is 0 Å². The molecule has 0 saturated carbocycles. The van der Waals surface area contributed by atoms with E-state index in [2.05, 4.69) is 25.1 Å². The van der Waals surface area contributed by atoms with Gasteiger partial charge in [0.1, 0.15) is 0 Å². The summed E-state index contributed by atoms with van der Waals surface area (Å²) in [6, 6.07) is 0. The third kappa shape index (κ3) is 4.55. The predicted molar refractivity (Wildman–Crippen MR) is 92.7 cm³/mol. The summed E-state index contributed by atoms with van der Waals surface area (Å²) < 4.78 is 5.31. The molecule has 0 radical (unpaired) electrons. The summed E-state index contributed by atoms with van der Waals surface area (Å²) in [5, 5.41) is 3.19. The summed E-state index contributed by atoms with van der Waals surface area (Å²) in [4.78, 5) is 25.5. The summed E-state index contributed by atoms with van der Waals surface area (Å²) in [6.07, 6.45) is 5.02. The van der Waals surface area contributed by atoms with E-state index in [9.17, 15) is 4.79 Å². The zero-order valence-electron chi connectivity index (χ0n) is 13.8. The minimum Gasteiger partial charge on any atom is -0.379 e. The van der Waals surface area contributed by atoms with Crippen molar-refractivity contribution in [3.05, 3.63) is 16.9 Å². The van der Waals surface area contributed by atoms with Gasteiger partial charge in [-0.3, -0.25) is 9.69 Å². The molecule has 8 heteroatoms. The first kappa shape index (κ1) is 17.4. The first-order chi connectivity index (χ1) is 11.7. The third-order valence-electron chi connectivity index (χ3n) is 4.40. The minimum atomic E-state index is -0.242. The van der Waals surface area contributed by atoms with Crippen molar-refractivity contribution in [3.63, 3.8) is 0 Å². The Kier molecular flexibility index (Phi) is 6.23. The van der Waals surface area contributed by atoms with E-state index in [0.717, 1.165) is 58.8 Å². The number of halogens is 1. The van der Waals surface area contributed by atoms with E-state index in [1.54, 1.807) is 0 Å². The summed E-state index contributed by atoms with van der Waals surface area (Å²) >= 11 is 6.13. The number of hydrogen-bond acceptors (Lipinski definition) is 6. The number of anilines is 1. The number of amides is 1. The number of ether oxygens (including phenoxy) is 1. The molecule has 0 aliphatic carbocycles. The molecule has 0 unspecified atom stereocenters. The second kappa shape index (κ2) is 8.60. The van der Waals surface area contributed by atoms with E-state index in [1.165, 1.54) is 12.6 Å². The Balaban J connectivity index is 1.56. The van der Waals surface area contributed by atoms with Gasteiger partial charge in [-0.15, -0.1) is 0 Å². The molecule has 1 aromatic rings. The molecule has 2 saturated heterocycles. The normalized spacial score (nSPS) is 19.3. The highest BCUT2D eigenvalue weighted by Gasteiger charge is 2.19. The van der Waals surface area contributed by atoms with Gasteiger partial charge in [-0.25, -0.2) is 9.97 Å². The number of nitrogens with one attached hydrogen (secondary N) is 1. The lowest BCUT2D eigenvalue weighted by molar-refractivity contribution is 0.0383. The fourth-order valence-electron chi connectivity index (χ4n) is 3.00. The molecule has 2 aliphatic heterocycles. The van der Waals surface area contributed by atoms with Crippen LogP contribution in [-0.4, -0.2) is 73.3 Å². The molecular weight excluding hydrogens is 330 g/mol. The van der Waals surface area contributed by atoms with Crippen LogP contribution in [-0.2, 0) is 4.74 Å². The highest BCUT2D eigenvalue weighted by atomic mass is 35.5. The first-order valence-corrected chi connectivity index (χ1v) is 8.97. The van der Waals surface area contributed by atoms with Crippen LogP contribution in [0.2, 0.25) is 5.02 Å². The molecule has 3 heterocycles. The van der Waals surface area contributed by atoms with E-state index in [-0.39, 0.29) is 11.6 Å². The Morgan fingerprint density at radius 3 is 2.71 bits per heavy atom. The second-order valence-corrected chi connectivity index (χ2v) is 6.53. The van der Waals surface area contributed by atoms with Gasteiger partial charge in [0.25, 0.3) is 5.91 Å². The minimum absolute atomic E-state index is 0.242. The number of rotatable bonds is 5. The highest BCUT2D eigenvalue weighted by Crippen LogP contribution is 2.19. The Morgan fingerprint density at radius 2 is 1.96 bits per heavy atom. The number of morpholine rings is 1. The molecule has 2 aliphatic rings. The van der Waals surface area contributed by atoms with Crippen LogP contribution in [0.25, 0.3) is 0 Å². The molecule has 0 spiro atoms. The lowest BCUT2D eigenvalue weighted by Crippen LogP contribution is -2.41. The van der Waals surface area contributed by atoms with Crippen LogP contribution < -0.4 is 10.2 Å². The SMILES string of the molecule is O=C(NCCN1CCOCC1)c1nc(N2CCCCC2)ncc1Cl. The lowest BCUT2D eigenvalue weighted by Gasteiger charge is -2.27. The van der Waals surface area contributed by atoms with E-state index in [1.807, 2.05) is 0 Å². The van der Waals surface area contributed by atoms with E-state index in [4.69, 9.17) is 16.3 Å². The molecule has 1 aromatic heterocycles. The zero-order valence-corrected chi connectivity index (χ0v) is 14.6. The zero-order chi connectivity index (χ0) is 16.8. The van der Waals surface area contributed by atoms with Gasteiger partial charge in [-0.05, 0) is 19.3 Å². The van der Waals surface area contributed by atoms with Gasteiger partial charge in [0.2, 0.25) is 5.95 Å². The fourth-order valence-corrected chi connectivity index (χ4v) is 3.18. The summed E-state index contributed by atoms with van der Waals surface area (Å²) in [6.45, 7) is 6.55. The predicted octanol–water partition coefficient (Wildman–Crippen LogP) is 1.18. The van der Waals surface area contributed by atoms with Crippen LogP contribution in [0.1, 0.15) is 29.8 Å². The number of aromatic nitrogens is 2. The Labute approximate surface area is 147 Å². The number of nitrogens with zero attached hydrogens (tertiary/aromatic N) is 4. The first-order valence-electron chi connectivity index (χ1n) is 8.60. The van der Waals surface area contributed by atoms with Crippen LogP contribution >= 0.6 is 11.6 Å². The standard InChI is InChI=1S/C16H24ClN5O2/c17-13-12-19-16(22-5-2-1-3-6-22)20-14(13)15(23)18-4-7-21-8-10-24-11-9-21/h12H,1-11H2,(H,18,23). The van der Waals surface area contributed by atoms with Crippen molar-refractivity contribution in [2.24, 2.45) is 0 Å². The summed E-state index contributed by atoms with van der Waals surface area (Å²) in [5.41, 5.74) is 0.259. The number of carbonyl (C=O) groups is 1. The third-order valence-corrected chi connectivity index (χ3v) is 4.68. The van der Waals surface area contributed by atoms with Crippen LogP contribution in [0.5, 0.6) is 0 Å². The number of carbonyl (C=O) groups excluding carboxylic acids is 1. The van der Waals surface area contributed by atoms with Gasteiger partial charge in [0, 0.05) is 39.3 Å². The molecule has 7 nitrogen and oxygen atoms in total. The average molecular weight is 354 g/mol. The second-order valence-electron chi connectivity index (χ2n) is 6.12. The van der Waals surface area contributed by atoms with Gasteiger partial charge in [-0.2, -0.15) is 0 Å². The maximum Gasteiger partial charge on any atom is 0.271 e. The molecule has 24 heavy (non-hydrogen) atoms. The largest absolute Gasteiger partial charge is 0.379 e. The topological polar surface area (TPSA) is 70.6 Å². The molecule has 0 aromatic carbocycles. The Morgan fingerprint density at radius 1 is 1.21 bits per heavy atom. The highest BCUT2D eigenvalue weighted by molar-refractivity contribution is 6.33. The van der Waals surface area contributed by atoms with Crippen molar-refractivity contribution in [3.8, 4) is 0 Å². The average Bonchev–Trinajstić information content (AvgIpc) is 2.63. The molecule has 132 valence electrons. The van der Waals surface area contributed by atoms with Gasteiger partial charge in [-0.1, -0.05) is 11.6 Å². The van der Waals surface area contributed by atoms with Gasteiger partial charge >= 0.3 is 0 Å². The van der Waals surface area contributed by atoms with E-state index >= 15 is 0 Å². The molecule has 3 rings (SSSR count). The molecule has 1 N–H and O–H groups in total. The van der Waals surface area contributed by atoms with Crippen LogP contribution in [0.4, 0.5) is 5.95 Å². The van der Waals surface area contributed by atoms with Crippen molar-refractivity contribution in [2.45, 2.75) is 19.3 Å². The van der Waals surface area contributed by atoms with Crippen molar-refractivity contribution in [1.82, 2.24) is 20.2 Å². The molecular formula is C16H24ClN5O2. The van der Waals surface area contributed by atoms with E-state index in [0.29, 0.717) is 17.5 Å². The van der Waals surface area contributed by atoms with Crippen molar-refractivity contribution in [2.75, 3.05) is 57.4 Å². The smallest absolute Gasteiger partial charge is 0.271 e. The van der Waals surface area contributed by atoms with Gasteiger partial charge < -0.3 is 15.0 Å². The fraction of sp³-hybridized carbons (Fsp3) is 0.688. The molecule has 1 amide bonds. The summed E-state index contributed by atoms with van der Waals surface area (Å²) in [7, 11) is 0. The maximum absolute atomic E-state index is 12.4. The van der Waals surface area contributed by atoms with Gasteiger partial charge in [0.05, 0.1) is 24.4 Å². The molecule has 0 bridgehead atoms. The summed E-state index contributed by atoms with van der Waals surface area (Å²) in [5.74, 6) is 0.353. The lowest BCUT2D eigenvalue weighted by atomic mass is 10.1. The molecule has 0 atom stereocenters. The monoisotopic (exact) mass is 353 g/mol. The Bertz CT molecular complexity index is 559. The Hall–Kier alpha value is -1.44. The number of piperidine rings is 1. The van der Waals surface area contributed by atoms with Gasteiger partial charge in [0.15, 0.2) is 5.69 Å². The maximum atomic E-state index is 12.4. The molecule has 2 fully saturated rings. The van der Waals surface area contributed by atoms with Crippen molar-refractivity contribution in [1.29, 1.82) is 0 Å². The van der Waals surface area contributed by atoms with Crippen LogP contribution in [0, 0.1) is 0 Å². The number of hydrogen-bond donors (Lipinski definition) is 1. The van der Waals surface area contributed by atoms with Crippen LogP contribution in [0.15, 0.2) is 6.20 Å². The van der Waals surface area contributed by atoms with E-state index < -0.39 is 0 Å². The van der Waals surface area contributed by atoms with Crippen molar-refractivity contribution < 1.29 is 9.53 Å².